The van der Waals surface area contributed by atoms with Gasteiger partial charge in [-0.15, -0.1) is 0 Å². The van der Waals surface area contributed by atoms with E-state index in [2.05, 4.69) is 0 Å². The molecule has 0 aromatic carbocycles. The van der Waals surface area contributed by atoms with E-state index in [1.807, 2.05) is 6.92 Å². The van der Waals surface area contributed by atoms with E-state index >= 15 is 0 Å². The van der Waals surface area contributed by atoms with E-state index in [1.54, 1.807) is 0 Å². The lowest BCUT2D eigenvalue weighted by Crippen LogP contribution is -2.23. The van der Waals surface area contributed by atoms with Crippen molar-refractivity contribution in [1.82, 2.24) is 0 Å². The van der Waals surface area contributed by atoms with Gasteiger partial charge in [-0.3, -0.25) is 4.79 Å². The summed E-state index contributed by atoms with van der Waals surface area (Å²) in [7, 11) is 0. The minimum absolute atomic E-state index is 0.0599. The lowest BCUT2D eigenvalue weighted by atomic mass is 9.89. The second kappa shape index (κ2) is 3.08. The summed E-state index contributed by atoms with van der Waals surface area (Å²) in [6.07, 6.45) is 4.99. The summed E-state index contributed by atoms with van der Waals surface area (Å²) in [5.74, 6) is 1.81. The highest BCUT2D eigenvalue weighted by molar-refractivity contribution is 5.73. The monoisotopic (exact) mass is 168 g/mol. The molecule has 0 aliphatic heterocycles. The van der Waals surface area contributed by atoms with Crippen LogP contribution in [0.3, 0.4) is 0 Å². The Morgan fingerprint density at radius 2 is 2.25 bits per heavy atom. The maximum absolute atomic E-state index is 11.4. The fourth-order valence-electron chi connectivity index (χ4n) is 2.78. The molecule has 0 heterocycles. The van der Waals surface area contributed by atoms with E-state index in [0.29, 0.717) is 12.5 Å². The van der Waals surface area contributed by atoms with Crippen LogP contribution in [0.4, 0.5) is 0 Å². The first-order chi connectivity index (χ1) is 5.81. The van der Waals surface area contributed by atoms with Gasteiger partial charge in [-0.25, -0.2) is 0 Å². The summed E-state index contributed by atoms with van der Waals surface area (Å²) in [5, 5.41) is 0. The van der Waals surface area contributed by atoms with Gasteiger partial charge in [0.1, 0.15) is 0 Å². The van der Waals surface area contributed by atoms with E-state index in [1.165, 1.54) is 19.3 Å². The molecule has 68 valence electrons. The largest absolute Gasteiger partial charge is 0.466 e. The van der Waals surface area contributed by atoms with E-state index in [-0.39, 0.29) is 11.9 Å². The predicted octanol–water partition coefficient (Wildman–Crippen LogP) is 1.99. The number of fused-ring (bicyclic) bond motifs is 2. The van der Waals surface area contributed by atoms with Gasteiger partial charge in [0.25, 0.3) is 0 Å². The first-order valence-electron chi connectivity index (χ1n) is 4.98. The fraction of sp³-hybridized carbons (Fsp3) is 0.900. The van der Waals surface area contributed by atoms with Crippen molar-refractivity contribution in [3.8, 4) is 0 Å². The van der Waals surface area contributed by atoms with E-state index in [0.717, 1.165) is 12.3 Å². The Bertz CT molecular complexity index is 188. The lowest BCUT2D eigenvalue weighted by molar-refractivity contribution is -0.149. The van der Waals surface area contributed by atoms with Crippen molar-refractivity contribution < 1.29 is 9.53 Å². The Hall–Kier alpha value is -0.530. The summed E-state index contributed by atoms with van der Waals surface area (Å²) >= 11 is 0. The minimum Gasteiger partial charge on any atom is -0.466 e. The first kappa shape index (κ1) is 8.09. The SMILES string of the molecule is CCOC(=O)[C@@H]1C[C@@H]2CC[C@H]1C2. The maximum atomic E-state index is 11.4. The van der Waals surface area contributed by atoms with Crippen molar-refractivity contribution in [2.45, 2.75) is 32.6 Å². The molecule has 2 aliphatic rings. The summed E-state index contributed by atoms with van der Waals surface area (Å²) in [6, 6.07) is 0. The van der Waals surface area contributed by atoms with Crippen molar-refractivity contribution in [3.63, 3.8) is 0 Å². The fourth-order valence-corrected chi connectivity index (χ4v) is 2.78. The topological polar surface area (TPSA) is 26.3 Å². The Balaban J connectivity index is 1.93. The van der Waals surface area contributed by atoms with Crippen LogP contribution in [0.5, 0.6) is 0 Å². The van der Waals surface area contributed by atoms with Gasteiger partial charge >= 0.3 is 5.97 Å². The normalized spacial score (nSPS) is 38.6. The van der Waals surface area contributed by atoms with Crippen molar-refractivity contribution in [1.29, 1.82) is 0 Å². The molecule has 0 amide bonds. The molecule has 0 spiro atoms. The third-order valence-corrected chi connectivity index (χ3v) is 3.33. The molecule has 0 saturated heterocycles. The van der Waals surface area contributed by atoms with Crippen LogP contribution in [0.1, 0.15) is 32.6 Å². The molecule has 2 fully saturated rings. The van der Waals surface area contributed by atoms with Gasteiger partial charge in [-0.1, -0.05) is 6.42 Å². The van der Waals surface area contributed by atoms with Crippen LogP contribution < -0.4 is 0 Å². The van der Waals surface area contributed by atoms with Gasteiger partial charge in [-0.05, 0) is 38.0 Å². The van der Waals surface area contributed by atoms with Crippen molar-refractivity contribution >= 4 is 5.97 Å². The molecule has 0 aromatic rings. The number of ether oxygens (including phenoxy) is 1. The third-order valence-electron chi connectivity index (χ3n) is 3.33. The first-order valence-corrected chi connectivity index (χ1v) is 4.98. The molecule has 2 aliphatic carbocycles. The van der Waals surface area contributed by atoms with Crippen LogP contribution in [0.15, 0.2) is 0 Å². The highest BCUT2D eigenvalue weighted by Gasteiger charge is 2.43. The van der Waals surface area contributed by atoms with E-state index in [4.69, 9.17) is 4.74 Å². The Labute approximate surface area is 73.3 Å². The van der Waals surface area contributed by atoms with Gasteiger partial charge in [0.05, 0.1) is 12.5 Å². The number of hydrogen-bond acceptors (Lipinski definition) is 2. The van der Waals surface area contributed by atoms with Gasteiger partial charge < -0.3 is 4.74 Å². The molecular weight excluding hydrogens is 152 g/mol. The highest BCUT2D eigenvalue weighted by atomic mass is 16.5. The molecular formula is C10H16O2. The van der Waals surface area contributed by atoms with Crippen molar-refractivity contribution in [2.75, 3.05) is 6.61 Å². The quantitative estimate of drug-likeness (QED) is 0.589. The van der Waals surface area contributed by atoms with E-state index in [9.17, 15) is 4.79 Å². The molecule has 0 unspecified atom stereocenters. The van der Waals surface area contributed by atoms with Crippen LogP contribution in [0.2, 0.25) is 0 Å². The molecule has 2 saturated carbocycles. The zero-order valence-corrected chi connectivity index (χ0v) is 7.58. The Morgan fingerprint density at radius 3 is 2.75 bits per heavy atom. The lowest BCUT2D eigenvalue weighted by Gasteiger charge is -2.19. The molecule has 2 nitrogen and oxygen atoms in total. The minimum atomic E-state index is 0.0599. The summed E-state index contributed by atoms with van der Waals surface area (Å²) in [5.41, 5.74) is 0. The standard InChI is InChI=1S/C10H16O2/c1-2-12-10(11)9-6-7-3-4-8(9)5-7/h7-9H,2-6H2,1H3/t7-,8+,9-/m1/s1. The molecule has 0 radical (unpaired) electrons. The molecule has 2 heteroatoms. The van der Waals surface area contributed by atoms with Crippen LogP contribution in [0, 0.1) is 17.8 Å². The summed E-state index contributed by atoms with van der Waals surface area (Å²) in [6.45, 7) is 2.41. The molecule has 2 rings (SSSR count). The van der Waals surface area contributed by atoms with Gasteiger partial charge in [0.2, 0.25) is 0 Å². The predicted molar refractivity (Wildman–Crippen MR) is 45.6 cm³/mol. The van der Waals surface area contributed by atoms with Crippen LogP contribution in [0.25, 0.3) is 0 Å². The summed E-state index contributed by atoms with van der Waals surface area (Å²) < 4.78 is 5.04. The third kappa shape index (κ3) is 1.23. The molecule has 3 atom stereocenters. The van der Waals surface area contributed by atoms with Gasteiger partial charge in [0, 0.05) is 0 Å². The van der Waals surface area contributed by atoms with Crippen molar-refractivity contribution in [2.24, 2.45) is 17.8 Å². The van der Waals surface area contributed by atoms with E-state index < -0.39 is 0 Å². The maximum Gasteiger partial charge on any atom is 0.309 e. The van der Waals surface area contributed by atoms with Gasteiger partial charge in [0.15, 0.2) is 0 Å². The Morgan fingerprint density at radius 1 is 1.42 bits per heavy atom. The number of esters is 1. The molecule has 0 N–H and O–H groups in total. The molecule has 12 heavy (non-hydrogen) atoms. The number of carbonyl (C=O) groups is 1. The number of carbonyl (C=O) groups excluding carboxylic acids is 1. The average molecular weight is 168 g/mol. The van der Waals surface area contributed by atoms with Crippen LogP contribution >= 0.6 is 0 Å². The number of rotatable bonds is 2. The van der Waals surface area contributed by atoms with Crippen LogP contribution in [-0.4, -0.2) is 12.6 Å². The zero-order valence-electron chi connectivity index (χ0n) is 7.58. The Kier molecular flexibility index (Phi) is 2.07. The molecule has 2 bridgehead atoms. The second-order valence-electron chi connectivity index (χ2n) is 4.03. The zero-order chi connectivity index (χ0) is 8.55. The average Bonchev–Trinajstić information content (AvgIpc) is 2.64. The molecule has 0 aromatic heterocycles. The highest BCUT2D eigenvalue weighted by Crippen LogP contribution is 2.48. The van der Waals surface area contributed by atoms with Crippen molar-refractivity contribution in [3.05, 3.63) is 0 Å². The second-order valence-corrected chi connectivity index (χ2v) is 4.03. The summed E-state index contributed by atoms with van der Waals surface area (Å²) in [4.78, 5) is 11.4. The van der Waals surface area contributed by atoms with Gasteiger partial charge in [-0.2, -0.15) is 0 Å². The smallest absolute Gasteiger partial charge is 0.309 e. The number of hydrogen-bond donors (Lipinski definition) is 0. The van der Waals surface area contributed by atoms with Crippen LogP contribution in [-0.2, 0) is 9.53 Å².